The molecule has 0 atom stereocenters. The average Bonchev–Trinajstić information content (AvgIpc) is 2.42. The van der Waals surface area contributed by atoms with Crippen LogP contribution < -0.4 is 9.47 Å². The first kappa shape index (κ1) is 15.8. The second-order valence-electron chi connectivity index (χ2n) is 5.84. The van der Waals surface area contributed by atoms with E-state index in [2.05, 4.69) is 58.8 Å². The van der Waals surface area contributed by atoms with Gasteiger partial charge in [0, 0.05) is 0 Å². The van der Waals surface area contributed by atoms with Crippen LogP contribution in [-0.2, 0) is 5.41 Å². The van der Waals surface area contributed by atoms with E-state index in [0.29, 0.717) is 10.4 Å². The van der Waals surface area contributed by atoms with E-state index in [0.717, 1.165) is 11.3 Å². The highest BCUT2D eigenvalue weighted by atomic mass is 79.9. The number of rotatable bonds is 3. The van der Waals surface area contributed by atoms with Gasteiger partial charge in [-0.1, -0.05) is 32.9 Å². The van der Waals surface area contributed by atoms with Gasteiger partial charge in [-0.2, -0.15) is 4.98 Å². The SMILES string of the molecule is COc1nc(Oc2ccc(C(C)(C)C)cc2C)ncc1Br. The van der Waals surface area contributed by atoms with E-state index < -0.39 is 0 Å². The summed E-state index contributed by atoms with van der Waals surface area (Å²) in [4.78, 5) is 8.33. The van der Waals surface area contributed by atoms with E-state index in [9.17, 15) is 0 Å². The largest absolute Gasteiger partial charge is 0.480 e. The maximum atomic E-state index is 5.75. The summed E-state index contributed by atoms with van der Waals surface area (Å²) in [6.07, 6.45) is 1.61. The minimum Gasteiger partial charge on any atom is -0.480 e. The molecule has 5 heteroatoms. The number of methoxy groups -OCH3 is 1. The van der Waals surface area contributed by atoms with Crippen molar-refractivity contribution in [2.45, 2.75) is 33.1 Å². The second kappa shape index (κ2) is 6.02. The van der Waals surface area contributed by atoms with Crippen LogP contribution in [0.15, 0.2) is 28.9 Å². The lowest BCUT2D eigenvalue weighted by atomic mass is 9.86. The molecule has 2 rings (SSSR count). The number of aromatic nitrogens is 2. The first-order chi connectivity index (χ1) is 9.81. The summed E-state index contributed by atoms with van der Waals surface area (Å²) in [5.74, 6) is 1.19. The first-order valence-corrected chi connectivity index (χ1v) is 7.46. The van der Waals surface area contributed by atoms with Crippen LogP contribution in [0.5, 0.6) is 17.6 Å². The molecule has 0 unspecified atom stereocenters. The predicted octanol–water partition coefficient (Wildman–Crippen LogP) is 4.65. The zero-order valence-corrected chi connectivity index (χ0v) is 14.5. The van der Waals surface area contributed by atoms with Crippen molar-refractivity contribution in [3.05, 3.63) is 40.0 Å². The first-order valence-electron chi connectivity index (χ1n) is 6.67. The van der Waals surface area contributed by atoms with E-state index in [-0.39, 0.29) is 11.4 Å². The molecule has 0 bridgehead atoms. The normalized spacial score (nSPS) is 11.3. The number of benzene rings is 1. The number of halogens is 1. The van der Waals surface area contributed by atoms with Crippen molar-refractivity contribution in [1.29, 1.82) is 0 Å². The van der Waals surface area contributed by atoms with E-state index in [4.69, 9.17) is 9.47 Å². The quantitative estimate of drug-likeness (QED) is 0.808. The zero-order valence-electron chi connectivity index (χ0n) is 12.9. The molecule has 0 radical (unpaired) electrons. The fourth-order valence-corrected chi connectivity index (χ4v) is 2.21. The summed E-state index contributed by atoms with van der Waals surface area (Å²) in [7, 11) is 1.56. The Balaban J connectivity index is 2.28. The predicted molar refractivity (Wildman–Crippen MR) is 86.2 cm³/mol. The van der Waals surface area contributed by atoms with E-state index in [1.807, 2.05) is 13.0 Å². The molecule has 112 valence electrons. The van der Waals surface area contributed by atoms with Crippen LogP contribution >= 0.6 is 15.9 Å². The highest BCUT2D eigenvalue weighted by molar-refractivity contribution is 9.10. The van der Waals surface area contributed by atoms with Crippen molar-refractivity contribution < 1.29 is 9.47 Å². The summed E-state index contributed by atoms with van der Waals surface area (Å²) in [5.41, 5.74) is 2.43. The number of ether oxygens (including phenoxy) is 2. The van der Waals surface area contributed by atoms with E-state index in [1.54, 1.807) is 13.3 Å². The van der Waals surface area contributed by atoms with Gasteiger partial charge in [-0.15, -0.1) is 0 Å². The maximum absolute atomic E-state index is 5.75. The second-order valence-corrected chi connectivity index (χ2v) is 6.70. The van der Waals surface area contributed by atoms with Crippen LogP contribution in [0.25, 0.3) is 0 Å². The van der Waals surface area contributed by atoms with E-state index in [1.165, 1.54) is 5.56 Å². The van der Waals surface area contributed by atoms with Gasteiger partial charge in [0.25, 0.3) is 0 Å². The Bertz CT molecular complexity index is 651. The lowest BCUT2D eigenvalue weighted by Crippen LogP contribution is -2.11. The van der Waals surface area contributed by atoms with E-state index >= 15 is 0 Å². The zero-order chi connectivity index (χ0) is 15.6. The Hall–Kier alpha value is -1.62. The van der Waals surface area contributed by atoms with Crippen molar-refractivity contribution in [2.75, 3.05) is 7.11 Å². The Morgan fingerprint density at radius 3 is 2.48 bits per heavy atom. The average molecular weight is 351 g/mol. The van der Waals surface area contributed by atoms with Crippen LogP contribution in [0, 0.1) is 6.92 Å². The molecule has 0 saturated heterocycles. The highest BCUT2D eigenvalue weighted by Gasteiger charge is 2.15. The van der Waals surface area contributed by atoms with Gasteiger partial charge in [-0.3, -0.25) is 0 Å². The molecule has 1 aromatic heterocycles. The van der Waals surface area contributed by atoms with Gasteiger partial charge in [0.15, 0.2) is 0 Å². The molecule has 0 fully saturated rings. The van der Waals surface area contributed by atoms with Gasteiger partial charge < -0.3 is 9.47 Å². The number of nitrogens with zero attached hydrogens (tertiary/aromatic N) is 2. The molecule has 1 aromatic carbocycles. The smallest absolute Gasteiger partial charge is 0.325 e. The third kappa shape index (κ3) is 3.73. The Kier molecular flexibility index (Phi) is 4.52. The molecule has 0 aliphatic rings. The van der Waals surface area contributed by atoms with Gasteiger partial charge in [0.2, 0.25) is 5.88 Å². The van der Waals surface area contributed by atoms with Crippen molar-refractivity contribution in [2.24, 2.45) is 0 Å². The van der Waals surface area contributed by atoms with Gasteiger partial charge in [0.1, 0.15) is 5.75 Å². The lowest BCUT2D eigenvalue weighted by Gasteiger charge is -2.20. The molecular formula is C16H19BrN2O2. The summed E-state index contributed by atoms with van der Waals surface area (Å²) < 4.78 is 11.6. The van der Waals surface area contributed by atoms with Crippen molar-refractivity contribution in [3.8, 4) is 17.6 Å². The molecule has 0 saturated carbocycles. The number of hydrogen-bond acceptors (Lipinski definition) is 4. The van der Waals surface area contributed by atoms with Crippen molar-refractivity contribution in [1.82, 2.24) is 9.97 Å². The minimum absolute atomic E-state index is 0.112. The molecule has 4 nitrogen and oxygen atoms in total. The third-order valence-corrected chi connectivity index (χ3v) is 3.67. The Labute approximate surface area is 133 Å². The molecule has 21 heavy (non-hydrogen) atoms. The van der Waals surface area contributed by atoms with Gasteiger partial charge in [0.05, 0.1) is 17.8 Å². The monoisotopic (exact) mass is 350 g/mol. The molecule has 0 amide bonds. The van der Waals surface area contributed by atoms with Crippen LogP contribution in [0.1, 0.15) is 31.9 Å². The fourth-order valence-electron chi connectivity index (χ4n) is 1.86. The van der Waals surface area contributed by atoms with Crippen LogP contribution in [0.3, 0.4) is 0 Å². The molecule has 1 heterocycles. The highest BCUT2D eigenvalue weighted by Crippen LogP contribution is 2.30. The summed E-state index contributed by atoms with van der Waals surface area (Å²) in [5, 5.41) is 0. The summed E-state index contributed by atoms with van der Waals surface area (Å²) in [6.45, 7) is 8.57. The van der Waals surface area contributed by atoms with Gasteiger partial charge in [-0.05, 0) is 45.5 Å². The van der Waals surface area contributed by atoms with Crippen molar-refractivity contribution >= 4 is 15.9 Å². The Morgan fingerprint density at radius 1 is 1.19 bits per heavy atom. The molecule has 2 aromatic rings. The third-order valence-electron chi connectivity index (χ3n) is 3.13. The lowest BCUT2D eigenvalue weighted by molar-refractivity contribution is 0.373. The summed E-state index contributed by atoms with van der Waals surface area (Å²) >= 11 is 3.32. The summed E-state index contributed by atoms with van der Waals surface area (Å²) in [6, 6.07) is 6.42. The molecule has 0 N–H and O–H groups in total. The standard InChI is InChI=1S/C16H19BrN2O2/c1-10-8-11(16(2,3)4)6-7-13(10)21-15-18-9-12(17)14(19-15)20-5/h6-9H,1-5H3. The fraction of sp³-hybridized carbons (Fsp3) is 0.375. The van der Waals surface area contributed by atoms with Gasteiger partial charge in [-0.25, -0.2) is 4.98 Å². The van der Waals surface area contributed by atoms with Crippen LogP contribution in [0.4, 0.5) is 0 Å². The minimum atomic E-state index is 0.112. The van der Waals surface area contributed by atoms with Gasteiger partial charge >= 0.3 is 6.01 Å². The number of aryl methyl sites for hydroxylation is 1. The molecule has 0 spiro atoms. The van der Waals surface area contributed by atoms with Crippen LogP contribution in [0.2, 0.25) is 0 Å². The molecule has 0 aliphatic carbocycles. The van der Waals surface area contributed by atoms with Crippen molar-refractivity contribution in [3.63, 3.8) is 0 Å². The topological polar surface area (TPSA) is 44.2 Å². The van der Waals surface area contributed by atoms with Crippen LogP contribution in [-0.4, -0.2) is 17.1 Å². The number of hydrogen-bond donors (Lipinski definition) is 0. The Morgan fingerprint density at radius 2 is 1.90 bits per heavy atom. The molecule has 0 aliphatic heterocycles. The molecular weight excluding hydrogens is 332 g/mol. The maximum Gasteiger partial charge on any atom is 0.325 e.